The van der Waals surface area contributed by atoms with Gasteiger partial charge in [0.2, 0.25) is 0 Å². The molecule has 4 N–H and O–H groups in total. The molecule has 1 rings (SSSR count). The van der Waals surface area contributed by atoms with Crippen molar-refractivity contribution in [2.75, 3.05) is 25.6 Å². The first-order valence-corrected chi connectivity index (χ1v) is 6.95. The van der Waals surface area contributed by atoms with E-state index in [4.69, 9.17) is 5.84 Å². The van der Waals surface area contributed by atoms with Crippen molar-refractivity contribution in [1.29, 1.82) is 0 Å². The van der Waals surface area contributed by atoms with Crippen molar-refractivity contribution in [3.8, 4) is 0 Å². The number of unbranched alkanes of at least 4 members (excludes halogenated alkanes) is 1. The third-order valence-electron chi connectivity index (χ3n) is 3.27. The van der Waals surface area contributed by atoms with Crippen LogP contribution in [0.25, 0.3) is 0 Å². The maximum absolute atomic E-state index is 11.8. The maximum atomic E-state index is 11.8. The summed E-state index contributed by atoms with van der Waals surface area (Å²) in [5.41, 5.74) is 3.56. The van der Waals surface area contributed by atoms with E-state index in [1.807, 2.05) is 0 Å². The number of nitrogens with two attached hydrogens (primary N) is 1. The van der Waals surface area contributed by atoms with Gasteiger partial charge in [-0.2, -0.15) is 0 Å². The van der Waals surface area contributed by atoms with Crippen molar-refractivity contribution in [1.82, 2.24) is 15.2 Å². The van der Waals surface area contributed by atoms with Crippen LogP contribution in [0.5, 0.6) is 0 Å². The van der Waals surface area contributed by atoms with E-state index in [1.54, 1.807) is 12.1 Å². The van der Waals surface area contributed by atoms with Crippen LogP contribution in [0.2, 0.25) is 0 Å². The van der Waals surface area contributed by atoms with E-state index in [0.29, 0.717) is 24.0 Å². The quantitative estimate of drug-likeness (QED) is 0.378. The second-order valence-electron chi connectivity index (χ2n) is 5.11. The molecule has 0 aliphatic heterocycles. The van der Waals surface area contributed by atoms with Gasteiger partial charge in [0.1, 0.15) is 5.69 Å². The molecule has 1 amide bonds. The number of carbonyl (C=O) groups is 1. The molecule has 0 atom stereocenters. The van der Waals surface area contributed by atoms with E-state index in [9.17, 15) is 4.79 Å². The number of nitrogens with zero attached hydrogens (tertiary/aromatic N) is 2. The first kappa shape index (κ1) is 16.4. The molecule has 0 bridgehead atoms. The van der Waals surface area contributed by atoms with Crippen LogP contribution in [0.15, 0.2) is 18.3 Å². The molecule has 0 radical (unpaired) electrons. The van der Waals surface area contributed by atoms with Crippen LogP contribution in [0.1, 0.15) is 37.2 Å². The zero-order valence-electron chi connectivity index (χ0n) is 12.5. The number of anilines is 1. The molecule has 6 nitrogen and oxygen atoms in total. The summed E-state index contributed by atoms with van der Waals surface area (Å²) in [5.74, 6) is 5.09. The molecule has 1 aromatic heterocycles. The highest BCUT2D eigenvalue weighted by molar-refractivity contribution is 5.92. The monoisotopic (exact) mass is 279 g/mol. The first-order chi connectivity index (χ1) is 9.54. The summed E-state index contributed by atoms with van der Waals surface area (Å²) in [6.07, 6.45) is 3.57. The summed E-state index contributed by atoms with van der Waals surface area (Å²) in [6.45, 7) is 6.06. The normalized spacial score (nSPS) is 10.9. The molecular formula is C14H25N5O. The van der Waals surface area contributed by atoms with E-state index in [-0.39, 0.29) is 5.91 Å². The zero-order valence-corrected chi connectivity index (χ0v) is 12.5. The molecule has 20 heavy (non-hydrogen) atoms. The van der Waals surface area contributed by atoms with Crippen LogP contribution in [-0.4, -0.2) is 42.0 Å². The fourth-order valence-electron chi connectivity index (χ4n) is 1.65. The standard InChI is InChI=1S/C14H25N5O/c1-11(2)19(3)9-5-4-8-16-14(20)13-7-6-12(18-15)10-17-13/h6-7,10-11,18H,4-5,8-9,15H2,1-3H3,(H,16,20). The summed E-state index contributed by atoms with van der Waals surface area (Å²) in [5, 5.41) is 2.87. The van der Waals surface area contributed by atoms with Crippen molar-refractivity contribution >= 4 is 11.6 Å². The lowest BCUT2D eigenvalue weighted by atomic mass is 10.2. The van der Waals surface area contributed by atoms with Gasteiger partial charge in [-0.25, -0.2) is 4.98 Å². The van der Waals surface area contributed by atoms with Crippen LogP contribution in [0.4, 0.5) is 5.69 Å². The summed E-state index contributed by atoms with van der Waals surface area (Å²) in [4.78, 5) is 18.1. The van der Waals surface area contributed by atoms with Crippen molar-refractivity contribution in [2.45, 2.75) is 32.7 Å². The lowest BCUT2D eigenvalue weighted by Crippen LogP contribution is -2.29. The largest absolute Gasteiger partial charge is 0.351 e. The van der Waals surface area contributed by atoms with Crippen LogP contribution in [0, 0.1) is 0 Å². The topological polar surface area (TPSA) is 83.3 Å². The predicted octanol–water partition coefficient (Wildman–Crippen LogP) is 1.22. The highest BCUT2D eigenvalue weighted by Crippen LogP contribution is 2.04. The third kappa shape index (κ3) is 5.54. The van der Waals surface area contributed by atoms with Crippen LogP contribution in [-0.2, 0) is 0 Å². The minimum absolute atomic E-state index is 0.147. The molecule has 0 fully saturated rings. The molecule has 0 aliphatic carbocycles. The van der Waals surface area contributed by atoms with Gasteiger partial charge in [-0.1, -0.05) is 0 Å². The second-order valence-corrected chi connectivity index (χ2v) is 5.11. The van der Waals surface area contributed by atoms with Gasteiger partial charge in [0.05, 0.1) is 11.9 Å². The number of nitrogens with one attached hydrogen (secondary N) is 2. The Hall–Kier alpha value is -1.66. The highest BCUT2D eigenvalue weighted by Gasteiger charge is 2.06. The summed E-state index contributed by atoms with van der Waals surface area (Å²) < 4.78 is 0. The Morgan fingerprint density at radius 3 is 2.70 bits per heavy atom. The van der Waals surface area contributed by atoms with Gasteiger partial charge in [0.25, 0.3) is 5.91 Å². The van der Waals surface area contributed by atoms with Crippen LogP contribution < -0.4 is 16.6 Å². The Morgan fingerprint density at radius 1 is 1.40 bits per heavy atom. The Labute approximate surface area is 120 Å². The van der Waals surface area contributed by atoms with Gasteiger partial charge in [-0.3, -0.25) is 10.6 Å². The minimum Gasteiger partial charge on any atom is -0.351 e. The van der Waals surface area contributed by atoms with E-state index >= 15 is 0 Å². The maximum Gasteiger partial charge on any atom is 0.269 e. The lowest BCUT2D eigenvalue weighted by molar-refractivity contribution is 0.0947. The van der Waals surface area contributed by atoms with Crippen molar-refractivity contribution in [3.05, 3.63) is 24.0 Å². The molecule has 0 unspecified atom stereocenters. The average Bonchev–Trinajstić information content (AvgIpc) is 2.46. The lowest BCUT2D eigenvalue weighted by Gasteiger charge is -2.20. The van der Waals surface area contributed by atoms with Gasteiger partial charge in [0, 0.05) is 12.6 Å². The molecule has 0 aromatic carbocycles. The molecule has 0 saturated heterocycles. The predicted molar refractivity (Wildman–Crippen MR) is 81.4 cm³/mol. The van der Waals surface area contributed by atoms with E-state index < -0.39 is 0 Å². The number of hydrazine groups is 1. The number of nitrogen functional groups attached to an aromatic ring is 1. The fourth-order valence-corrected chi connectivity index (χ4v) is 1.65. The molecular weight excluding hydrogens is 254 g/mol. The number of hydrogen-bond acceptors (Lipinski definition) is 5. The molecule has 6 heteroatoms. The van der Waals surface area contributed by atoms with Crippen molar-refractivity contribution < 1.29 is 4.79 Å². The smallest absolute Gasteiger partial charge is 0.269 e. The summed E-state index contributed by atoms with van der Waals surface area (Å²) in [6, 6.07) is 3.93. The van der Waals surface area contributed by atoms with Crippen molar-refractivity contribution in [2.24, 2.45) is 5.84 Å². The van der Waals surface area contributed by atoms with Crippen LogP contribution in [0.3, 0.4) is 0 Å². The number of carbonyl (C=O) groups excluding carboxylic acids is 1. The van der Waals surface area contributed by atoms with E-state index in [1.165, 1.54) is 6.20 Å². The van der Waals surface area contributed by atoms with Gasteiger partial charge in [-0.05, 0) is 52.4 Å². The zero-order chi connectivity index (χ0) is 15.0. The molecule has 112 valence electrons. The average molecular weight is 279 g/mol. The Kier molecular flexibility index (Phi) is 6.97. The number of hydrogen-bond donors (Lipinski definition) is 3. The molecule has 0 aliphatic rings. The molecule has 1 aromatic rings. The first-order valence-electron chi connectivity index (χ1n) is 6.95. The van der Waals surface area contributed by atoms with Crippen molar-refractivity contribution in [3.63, 3.8) is 0 Å². The number of aromatic nitrogens is 1. The Balaban J connectivity index is 2.22. The third-order valence-corrected chi connectivity index (χ3v) is 3.27. The fraction of sp³-hybridized carbons (Fsp3) is 0.571. The highest BCUT2D eigenvalue weighted by atomic mass is 16.1. The van der Waals surface area contributed by atoms with Gasteiger partial charge in [-0.15, -0.1) is 0 Å². The molecule has 0 spiro atoms. The van der Waals surface area contributed by atoms with Gasteiger partial charge in [0.15, 0.2) is 0 Å². The van der Waals surface area contributed by atoms with Gasteiger partial charge < -0.3 is 15.6 Å². The number of amides is 1. The Morgan fingerprint density at radius 2 is 2.15 bits per heavy atom. The van der Waals surface area contributed by atoms with Crippen LogP contribution >= 0.6 is 0 Å². The Bertz CT molecular complexity index is 405. The number of rotatable bonds is 8. The van der Waals surface area contributed by atoms with E-state index in [2.05, 4.69) is 41.5 Å². The minimum atomic E-state index is -0.147. The summed E-state index contributed by atoms with van der Waals surface area (Å²) in [7, 11) is 2.11. The van der Waals surface area contributed by atoms with Gasteiger partial charge >= 0.3 is 0 Å². The SMILES string of the molecule is CC(C)N(C)CCCCNC(=O)c1ccc(NN)cn1. The number of pyridine rings is 1. The molecule has 1 heterocycles. The second kappa shape index (κ2) is 8.50. The van der Waals surface area contributed by atoms with E-state index in [0.717, 1.165) is 19.4 Å². The molecule has 0 saturated carbocycles. The summed E-state index contributed by atoms with van der Waals surface area (Å²) >= 11 is 0.